The summed E-state index contributed by atoms with van der Waals surface area (Å²) in [5.74, 6) is 0.367. The van der Waals surface area contributed by atoms with Crippen LogP contribution in [0.3, 0.4) is 0 Å². The van der Waals surface area contributed by atoms with Gasteiger partial charge in [0.1, 0.15) is 5.75 Å². The van der Waals surface area contributed by atoms with Gasteiger partial charge in [-0.3, -0.25) is 14.2 Å². The molecular weight excluding hydrogens is 442 g/mol. The second-order valence-electron chi connectivity index (χ2n) is 8.69. The summed E-state index contributed by atoms with van der Waals surface area (Å²) in [4.78, 5) is 30.4. The molecule has 4 aromatic rings. The van der Waals surface area contributed by atoms with Crippen LogP contribution in [0.25, 0.3) is 17.1 Å². The quantitative estimate of drug-likeness (QED) is 0.476. The van der Waals surface area contributed by atoms with Gasteiger partial charge in [-0.25, -0.2) is 0 Å². The highest BCUT2D eigenvalue weighted by molar-refractivity contribution is 6.02. The van der Waals surface area contributed by atoms with Crippen molar-refractivity contribution in [2.45, 2.75) is 19.9 Å². The molecule has 1 amide bonds. The number of nitrogens with zero attached hydrogens (tertiary/aromatic N) is 5. The van der Waals surface area contributed by atoms with Crippen LogP contribution < -0.4 is 9.80 Å². The number of benzene rings is 3. The number of para-hydroxylation sites is 3. The average molecular weight is 468 g/mol. The van der Waals surface area contributed by atoms with Crippen molar-refractivity contribution in [2.75, 3.05) is 22.9 Å². The minimum atomic E-state index is -0.247. The Bertz CT molecular complexity index is 1400. The van der Waals surface area contributed by atoms with Crippen LogP contribution in [0.4, 0.5) is 11.4 Å². The average Bonchev–Trinajstić information content (AvgIpc) is 3.25. The van der Waals surface area contributed by atoms with Crippen LogP contribution in [0, 0.1) is 0 Å². The molecule has 0 fully saturated rings. The fraction of sp³-hybridized carbons (Fsp3) is 0.185. The van der Waals surface area contributed by atoms with Crippen molar-refractivity contribution < 1.29 is 14.7 Å². The van der Waals surface area contributed by atoms with Crippen molar-refractivity contribution in [2.24, 2.45) is 0 Å². The van der Waals surface area contributed by atoms with Crippen LogP contribution in [0.15, 0.2) is 78.9 Å². The predicted octanol–water partition coefficient (Wildman–Crippen LogP) is 4.08. The summed E-state index contributed by atoms with van der Waals surface area (Å²) in [7, 11) is 0. The molecule has 5 rings (SSSR count). The van der Waals surface area contributed by atoms with E-state index in [0.29, 0.717) is 17.1 Å². The summed E-state index contributed by atoms with van der Waals surface area (Å²) in [5, 5.41) is 18.4. The van der Waals surface area contributed by atoms with Crippen molar-refractivity contribution in [1.82, 2.24) is 14.8 Å². The van der Waals surface area contributed by atoms with Crippen LogP contribution in [0.1, 0.15) is 24.5 Å². The Hall–Kier alpha value is -4.46. The third-order valence-corrected chi connectivity index (χ3v) is 5.96. The molecule has 2 heterocycles. The van der Waals surface area contributed by atoms with Crippen molar-refractivity contribution in [1.29, 1.82) is 0 Å². The summed E-state index contributed by atoms with van der Waals surface area (Å²) in [6, 6.07) is 23.6. The number of phenolic OH excluding ortho intramolecular Hbond substituents is 1. The molecule has 1 N–H and O–H groups in total. The number of amides is 1. The van der Waals surface area contributed by atoms with Gasteiger partial charge in [0.25, 0.3) is 0 Å². The van der Waals surface area contributed by atoms with Gasteiger partial charge in [-0.15, -0.1) is 10.2 Å². The zero-order valence-electron chi connectivity index (χ0n) is 19.5. The summed E-state index contributed by atoms with van der Waals surface area (Å²) in [5.41, 5.74) is 2.86. The van der Waals surface area contributed by atoms with Gasteiger partial charge in [0.15, 0.2) is 5.82 Å². The molecule has 176 valence electrons. The molecule has 0 saturated carbocycles. The Morgan fingerprint density at radius 1 is 0.943 bits per heavy atom. The van der Waals surface area contributed by atoms with Crippen LogP contribution >= 0.6 is 0 Å². The van der Waals surface area contributed by atoms with Gasteiger partial charge in [0.2, 0.25) is 17.5 Å². The van der Waals surface area contributed by atoms with E-state index >= 15 is 0 Å². The predicted molar refractivity (Wildman–Crippen MR) is 134 cm³/mol. The molecule has 0 spiro atoms. The van der Waals surface area contributed by atoms with E-state index in [1.807, 2.05) is 68.4 Å². The van der Waals surface area contributed by atoms with Crippen molar-refractivity contribution in [3.05, 3.63) is 84.7 Å². The Balaban J connectivity index is 1.56. The van der Waals surface area contributed by atoms with Crippen LogP contribution in [-0.4, -0.2) is 50.7 Å². The number of phenols is 1. The lowest BCUT2D eigenvalue weighted by Gasteiger charge is -2.31. The lowest BCUT2D eigenvalue weighted by atomic mass is 10.2. The van der Waals surface area contributed by atoms with E-state index in [4.69, 9.17) is 0 Å². The standard InChI is InChI=1S/C27H25N5O3/c1-18(2)31(20-10-4-3-5-11-20)25(35)17-30-16-24(34)27-29-28-26(19-9-8-12-21(33)15-19)32(27)23-14-7-6-13-22(23)30/h3-15,18,33H,16-17H2,1-2H3. The van der Waals surface area contributed by atoms with Gasteiger partial charge in [0, 0.05) is 17.3 Å². The van der Waals surface area contributed by atoms with E-state index in [2.05, 4.69) is 10.2 Å². The molecule has 1 aliphatic rings. The first kappa shape index (κ1) is 22.3. The summed E-state index contributed by atoms with van der Waals surface area (Å²) in [6.07, 6.45) is 0. The van der Waals surface area contributed by atoms with Crippen LogP contribution in [0.2, 0.25) is 0 Å². The topological polar surface area (TPSA) is 91.6 Å². The Morgan fingerprint density at radius 2 is 1.63 bits per heavy atom. The SMILES string of the molecule is CC(C)N(C(=O)CN1CC(=O)c2nnc(-c3cccc(O)c3)n2-c2ccccc21)c1ccccc1. The first-order valence-corrected chi connectivity index (χ1v) is 11.4. The van der Waals surface area contributed by atoms with Gasteiger partial charge < -0.3 is 14.9 Å². The Labute approximate surface area is 203 Å². The number of carbonyl (C=O) groups excluding carboxylic acids is 2. The van der Waals surface area contributed by atoms with E-state index in [1.54, 1.807) is 38.6 Å². The van der Waals surface area contributed by atoms with Crippen molar-refractivity contribution in [3.8, 4) is 22.8 Å². The van der Waals surface area contributed by atoms with Crippen LogP contribution in [0.5, 0.6) is 5.75 Å². The summed E-state index contributed by atoms with van der Waals surface area (Å²) < 4.78 is 1.70. The third-order valence-electron chi connectivity index (χ3n) is 5.96. The number of Topliss-reactive ketones (excluding diaryl/α,β-unsaturated/α-hetero) is 1. The summed E-state index contributed by atoms with van der Waals surface area (Å²) >= 11 is 0. The van der Waals surface area contributed by atoms with Gasteiger partial charge in [0.05, 0.1) is 24.5 Å². The molecule has 1 aromatic heterocycles. The van der Waals surface area contributed by atoms with Gasteiger partial charge >= 0.3 is 0 Å². The van der Waals surface area contributed by atoms with Crippen molar-refractivity contribution in [3.63, 3.8) is 0 Å². The molecule has 3 aromatic carbocycles. The zero-order valence-corrected chi connectivity index (χ0v) is 19.5. The maximum absolute atomic E-state index is 13.5. The molecule has 8 nitrogen and oxygen atoms in total. The number of rotatable bonds is 5. The smallest absolute Gasteiger partial charge is 0.246 e. The van der Waals surface area contributed by atoms with E-state index in [1.165, 1.54) is 0 Å². The molecule has 0 atom stereocenters. The molecule has 0 radical (unpaired) electrons. The van der Waals surface area contributed by atoms with E-state index < -0.39 is 0 Å². The highest BCUT2D eigenvalue weighted by Crippen LogP contribution is 2.33. The minimum Gasteiger partial charge on any atom is -0.508 e. The van der Waals surface area contributed by atoms with Gasteiger partial charge in [-0.1, -0.05) is 42.5 Å². The van der Waals surface area contributed by atoms with Crippen molar-refractivity contribution >= 4 is 23.1 Å². The number of ketones is 1. The minimum absolute atomic E-state index is 0.0123. The second-order valence-corrected chi connectivity index (χ2v) is 8.69. The first-order valence-electron chi connectivity index (χ1n) is 11.4. The molecule has 0 aliphatic carbocycles. The lowest BCUT2D eigenvalue weighted by Crippen LogP contribution is -2.45. The Kier molecular flexibility index (Phi) is 5.78. The fourth-order valence-electron chi connectivity index (χ4n) is 4.47. The van der Waals surface area contributed by atoms with Gasteiger partial charge in [-0.05, 0) is 50.2 Å². The molecule has 35 heavy (non-hydrogen) atoms. The molecule has 8 heteroatoms. The van der Waals surface area contributed by atoms with Crippen LogP contribution in [-0.2, 0) is 4.79 Å². The molecule has 0 saturated heterocycles. The number of hydrogen-bond donors (Lipinski definition) is 1. The summed E-state index contributed by atoms with van der Waals surface area (Å²) in [6.45, 7) is 3.95. The maximum atomic E-state index is 13.5. The van der Waals surface area contributed by atoms with E-state index in [-0.39, 0.29) is 42.4 Å². The second kappa shape index (κ2) is 9.06. The maximum Gasteiger partial charge on any atom is 0.246 e. The van der Waals surface area contributed by atoms with E-state index in [0.717, 1.165) is 11.4 Å². The number of aromatic nitrogens is 3. The Morgan fingerprint density at radius 3 is 2.34 bits per heavy atom. The molecule has 1 aliphatic heterocycles. The highest BCUT2D eigenvalue weighted by Gasteiger charge is 2.31. The third kappa shape index (κ3) is 4.14. The zero-order chi connectivity index (χ0) is 24.5. The number of hydrogen-bond acceptors (Lipinski definition) is 6. The fourth-order valence-corrected chi connectivity index (χ4v) is 4.47. The largest absolute Gasteiger partial charge is 0.508 e. The number of anilines is 2. The van der Waals surface area contributed by atoms with E-state index in [9.17, 15) is 14.7 Å². The number of fused-ring (bicyclic) bond motifs is 3. The number of aromatic hydroxyl groups is 1. The normalized spacial score (nSPS) is 12.8. The molecule has 0 bridgehead atoms. The van der Waals surface area contributed by atoms with Gasteiger partial charge in [-0.2, -0.15) is 0 Å². The molecular formula is C27H25N5O3. The number of carbonyl (C=O) groups is 2. The highest BCUT2D eigenvalue weighted by atomic mass is 16.3. The first-order chi connectivity index (χ1) is 16.9. The lowest BCUT2D eigenvalue weighted by molar-refractivity contribution is -0.117. The monoisotopic (exact) mass is 467 g/mol. The molecule has 0 unspecified atom stereocenters.